The van der Waals surface area contributed by atoms with Gasteiger partial charge in [-0.05, 0) is 54.2 Å². The number of para-hydroxylation sites is 1. The van der Waals surface area contributed by atoms with Gasteiger partial charge >= 0.3 is 0 Å². The lowest BCUT2D eigenvalue weighted by molar-refractivity contribution is -0.136. The number of carbonyl (C=O) groups excluding carboxylic acids is 3. The van der Waals surface area contributed by atoms with E-state index in [4.69, 9.17) is 33.9 Å². The van der Waals surface area contributed by atoms with Gasteiger partial charge in [0.25, 0.3) is 5.91 Å². The van der Waals surface area contributed by atoms with E-state index in [0.717, 1.165) is 47.1 Å². The molecule has 4 aromatic rings. The lowest BCUT2D eigenvalue weighted by Crippen LogP contribution is -2.51. The highest BCUT2D eigenvalue weighted by atomic mass is 35.5. The Morgan fingerprint density at radius 2 is 1.63 bits per heavy atom. The van der Waals surface area contributed by atoms with Gasteiger partial charge in [-0.15, -0.1) is 0 Å². The molecule has 1 unspecified atom stereocenters. The molecule has 6 rings (SSSR count). The predicted molar refractivity (Wildman–Crippen MR) is 197 cm³/mol. The number of halogens is 2. The van der Waals surface area contributed by atoms with Gasteiger partial charge in [-0.25, -0.2) is 4.99 Å². The minimum absolute atomic E-state index is 0.212. The normalized spacial score (nSPS) is 17.3. The molecule has 0 bridgehead atoms. The summed E-state index contributed by atoms with van der Waals surface area (Å²) in [5.41, 5.74) is 11.3. The number of anilines is 1. The van der Waals surface area contributed by atoms with Crippen LogP contribution in [0, 0.1) is 17.8 Å². The van der Waals surface area contributed by atoms with Crippen molar-refractivity contribution in [2.45, 2.75) is 58.2 Å². The summed E-state index contributed by atoms with van der Waals surface area (Å²) in [7, 11) is 0. The second-order valence-electron chi connectivity index (χ2n) is 13.0. The molecule has 0 aromatic heterocycles. The number of rotatable bonds is 12. The monoisotopic (exact) mass is 694 g/mol. The second kappa shape index (κ2) is 15.4. The molecule has 252 valence electrons. The van der Waals surface area contributed by atoms with E-state index in [0.29, 0.717) is 46.6 Å². The van der Waals surface area contributed by atoms with E-state index >= 15 is 0 Å². The second-order valence-corrected chi connectivity index (χ2v) is 13.8. The van der Waals surface area contributed by atoms with Crippen molar-refractivity contribution in [3.63, 3.8) is 0 Å². The van der Waals surface area contributed by atoms with Gasteiger partial charge in [0.2, 0.25) is 18.0 Å². The number of aliphatic imine (C=N–C) groups is 1. The Kier molecular flexibility index (Phi) is 10.8. The number of hydrogen-bond donors (Lipinski definition) is 2. The predicted octanol–water partition coefficient (Wildman–Crippen LogP) is 8.19. The van der Waals surface area contributed by atoms with Crippen molar-refractivity contribution in [2.75, 3.05) is 4.90 Å². The average molecular weight is 696 g/mol. The van der Waals surface area contributed by atoms with E-state index in [-0.39, 0.29) is 18.4 Å². The topological polar surface area (TPSA) is 105 Å². The fourth-order valence-electron chi connectivity index (χ4n) is 6.89. The van der Waals surface area contributed by atoms with Crippen molar-refractivity contribution < 1.29 is 14.4 Å². The van der Waals surface area contributed by atoms with Gasteiger partial charge in [-0.2, -0.15) is 0 Å². The van der Waals surface area contributed by atoms with E-state index in [1.807, 2.05) is 91.9 Å². The minimum atomic E-state index is -1.23. The molecule has 49 heavy (non-hydrogen) atoms. The van der Waals surface area contributed by atoms with Crippen LogP contribution in [0.2, 0.25) is 10.0 Å². The third-order valence-electron chi connectivity index (χ3n) is 9.64. The fraction of sp³-hybridized carbons (Fsp3) is 0.300. The summed E-state index contributed by atoms with van der Waals surface area (Å²) >= 11 is 12.7. The van der Waals surface area contributed by atoms with Crippen LogP contribution in [0.4, 0.5) is 5.69 Å². The van der Waals surface area contributed by atoms with E-state index in [1.54, 1.807) is 17.0 Å². The lowest BCUT2D eigenvalue weighted by atomic mass is 9.74. The maximum atomic E-state index is 14.7. The minimum Gasteiger partial charge on any atom is -0.369 e. The Morgan fingerprint density at radius 1 is 0.898 bits per heavy atom. The van der Waals surface area contributed by atoms with Crippen molar-refractivity contribution in [2.24, 2.45) is 28.5 Å². The largest absolute Gasteiger partial charge is 0.369 e. The van der Waals surface area contributed by atoms with E-state index < -0.39 is 23.9 Å². The molecule has 4 aromatic carbocycles. The van der Waals surface area contributed by atoms with Gasteiger partial charge in [-0.3, -0.25) is 14.4 Å². The van der Waals surface area contributed by atoms with E-state index in [1.165, 1.54) is 0 Å². The molecule has 2 aliphatic rings. The highest BCUT2D eigenvalue weighted by Gasteiger charge is 2.39. The van der Waals surface area contributed by atoms with Gasteiger partial charge in [-0.1, -0.05) is 129 Å². The van der Waals surface area contributed by atoms with E-state index in [2.05, 4.69) is 5.32 Å². The Bertz CT molecular complexity index is 1870. The van der Waals surface area contributed by atoms with Crippen LogP contribution in [0.15, 0.2) is 102 Å². The molecule has 9 heteroatoms. The first kappa shape index (κ1) is 34.4. The maximum absolute atomic E-state index is 14.7. The Morgan fingerprint density at radius 3 is 2.33 bits per heavy atom. The zero-order valence-electron chi connectivity index (χ0n) is 27.4. The van der Waals surface area contributed by atoms with E-state index in [9.17, 15) is 14.4 Å². The molecule has 1 aliphatic carbocycles. The number of amides is 3. The SMILES string of the molecule is CCC[C@H](C(N)=O)[C@@H](CC1CCC1)C(=O)NC1N=C(c2ccccc2)c2ccccc2N(Cc2cccc(-c3ccc(Cl)cc3Cl)c2)C1=O. The van der Waals surface area contributed by atoms with Crippen LogP contribution in [0.5, 0.6) is 0 Å². The molecule has 3 atom stereocenters. The highest BCUT2D eigenvalue weighted by Crippen LogP contribution is 2.37. The zero-order valence-corrected chi connectivity index (χ0v) is 29.0. The summed E-state index contributed by atoms with van der Waals surface area (Å²) in [4.78, 5) is 48.2. The zero-order chi connectivity index (χ0) is 34.5. The van der Waals surface area contributed by atoms with Gasteiger partial charge in [0.15, 0.2) is 0 Å². The molecule has 3 N–H and O–H groups in total. The van der Waals surface area contributed by atoms with Crippen molar-refractivity contribution in [1.82, 2.24) is 5.32 Å². The number of carbonyl (C=O) groups is 3. The highest BCUT2D eigenvalue weighted by molar-refractivity contribution is 6.36. The number of fused-ring (bicyclic) bond motifs is 1. The van der Waals surface area contributed by atoms with Crippen LogP contribution < -0.4 is 16.0 Å². The Balaban J connectivity index is 1.40. The standard InChI is InChI=1S/C40H40Cl2N4O3/c1-2-10-31(37(43)47)33(22-25-11-8-12-25)39(48)45-38-40(49)46(24-26-13-9-16-28(21-26)30-20-19-29(41)23-34(30)42)35-18-7-6-17-32(35)36(44-38)27-14-4-3-5-15-27/h3-7,9,13-21,23,25,31,33,38H,2,8,10-12,22,24H2,1H3,(H2,43,47)(H,45,48)/t31-,33+,38?/m0/s1. The van der Waals surface area contributed by atoms with Crippen LogP contribution >= 0.6 is 23.2 Å². The number of benzene rings is 4. The van der Waals surface area contributed by atoms with Crippen molar-refractivity contribution in [1.29, 1.82) is 0 Å². The molecular weight excluding hydrogens is 655 g/mol. The molecule has 0 spiro atoms. The van der Waals surface area contributed by atoms with Crippen molar-refractivity contribution >= 4 is 52.3 Å². The Hall–Kier alpha value is -4.46. The first-order valence-electron chi connectivity index (χ1n) is 16.9. The lowest BCUT2D eigenvalue weighted by Gasteiger charge is -2.33. The first-order valence-corrected chi connectivity index (χ1v) is 17.7. The van der Waals surface area contributed by atoms with Gasteiger partial charge < -0.3 is 16.0 Å². The molecular formula is C40H40Cl2N4O3. The quantitative estimate of drug-likeness (QED) is 0.156. The van der Waals surface area contributed by atoms with Crippen LogP contribution in [0.3, 0.4) is 0 Å². The Labute approximate surface area is 297 Å². The number of nitrogens with two attached hydrogens (primary N) is 1. The molecule has 1 aliphatic heterocycles. The number of benzodiazepines with no additional fused rings is 1. The first-order chi connectivity index (χ1) is 23.7. The summed E-state index contributed by atoms with van der Waals surface area (Å²) in [6.07, 6.45) is 3.68. The summed E-state index contributed by atoms with van der Waals surface area (Å²) in [5.74, 6) is -2.16. The molecule has 1 saturated carbocycles. The molecule has 3 amide bonds. The van der Waals surface area contributed by atoms with Crippen molar-refractivity contribution in [3.8, 4) is 11.1 Å². The molecule has 1 fully saturated rings. The average Bonchev–Trinajstić information content (AvgIpc) is 3.18. The van der Waals surface area contributed by atoms with Crippen molar-refractivity contribution in [3.05, 3.63) is 124 Å². The van der Waals surface area contributed by atoms with Crippen LogP contribution in [-0.2, 0) is 20.9 Å². The summed E-state index contributed by atoms with van der Waals surface area (Å²) in [6.45, 7) is 2.19. The van der Waals surface area contributed by atoms with Crippen LogP contribution in [0.25, 0.3) is 11.1 Å². The molecule has 0 saturated heterocycles. The number of nitrogens with one attached hydrogen (secondary N) is 1. The third-order valence-corrected chi connectivity index (χ3v) is 10.2. The maximum Gasteiger partial charge on any atom is 0.272 e. The fourth-order valence-corrected chi connectivity index (χ4v) is 7.41. The summed E-state index contributed by atoms with van der Waals surface area (Å²) in [6, 6.07) is 30.5. The number of hydrogen-bond acceptors (Lipinski definition) is 4. The molecule has 7 nitrogen and oxygen atoms in total. The molecule has 0 radical (unpaired) electrons. The van der Waals surface area contributed by atoms with Crippen LogP contribution in [-0.4, -0.2) is 29.6 Å². The smallest absolute Gasteiger partial charge is 0.272 e. The summed E-state index contributed by atoms with van der Waals surface area (Å²) < 4.78 is 0. The van der Waals surface area contributed by atoms with Gasteiger partial charge in [0.1, 0.15) is 0 Å². The van der Waals surface area contributed by atoms with Crippen LogP contribution in [0.1, 0.15) is 62.1 Å². The van der Waals surface area contributed by atoms with Gasteiger partial charge in [0.05, 0.1) is 17.9 Å². The number of primary amides is 1. The summed E-state index contributed by atoms with van der Waals surface area (Å²) in [5, 5.41) is 4.07. The number of nitrogens with zero attached hydrogens (tertiary/aromatic N) is 2. The molecule has 1 heterocycles. The third kappa shape index (κ3) is 7.74. The van der Waals surface area contributed by atoms with Gasteiger partial charge in [0, 0.05) is 38.6 Å².